The summed E-state index contributed by atoms with van der Waals surface area (Å²) >= 11 is 0. The van der Waals surface area contributed by atoms with Crippen molar-refractivity contribution in [2.24, 2.45) is 17.6 Å². The maximum absolute atomic E-state index is 12.5. The number of fused-ring (bicyclic) bond motifs is 1. The second-order valence-electron chi connectivity index (χ2n) is 7.23. The van der Waals surface area contributed by atoms with Gasteiger partial charge in [0.2, 0.25) is 0 Å². The van der Waals surface area contributed by atoms with Crippen molar-refractivity contribution < 1.29 is 13.6 Å². The van der Waals surface area contributed by atoms with E-state index in [0.717, 1.165) is 24.4 Å². The molecule has 0 aliphatic carbocycles. The van der Waals surface area contributed by atoms with Crippen molar-refractivity contribution in [3.05, 3.63) is 54.3 Å². The van der Waals surface area contributed by atoms with Crippen LogP contribution in [0.15, 0.2) is 52.9 Å². The summed E-state index contributed by atoms with van der Waals surface area (Å²) in [5.41, 5.74) is 7.71. The molecule has 27 heavy (non-hydrogen) atoms. The van der Waals surface area contributed by atoms with Crippen LogP contribution in [0.5, 0.6) is 0 Å². The van der Waals surface area contributed by atoms with Crippen LogP contribution in [0.2, 0.25) is 0 Å². The van der Waals surface area contributed by atoms with Crippen LogP contribution >= 0.6 is 0 Å². The summed E-state index contributed by atoms with van der Waals surface area (Å²) in [6.07, 6.45) is 5.14. The molecule has 2 aliphatic heterocycles. The van der Waals surface area contributed by atoms with E-state index in [2.05, 4.69) is 16.8 Å². The van der Waals surface area contributed by atoms with Crippen LogP contribution in [-0.4, -0.2) is 55.2 Å². The van der Waals surface area contributed by atoms with Crippen molar-refractivity contribution in [1.82, 2.24) is 15.1 Å². The van der Waals surface area contributed by atoms with Gasteiger partial charge in [0.1, 0.15) is 12.4 Å². The molecule has 1 aromatic rings. The first-order valence-electron chi connectivity index (χ1n) is 9.19. The summed E-state index contributed by atoms with van der Waals surface area (Å²) in [7, 11) is 0. The predicted molar refractivity (Wildman–Crippen MR) is 103 cm³/mol. The molecule has 3 heterocycles. The summed E-state index contributed by atoms with van der Waals surface area (Å²) in [6, 6.07) is 3.50. The molecular formula is C20H27FN4O2. The molecule has 2 fully saturated rings. The van der Waals surface area contributed by atoms with Crippen LogP contribution in [0.4, 0.5) is 9.18 Å². The van der Waals surface area contributed by atoms with Crippen molar-refractivity contribution in [3.63, 3.8) is 0 Å². The van der Waals surface area contributed by atoms with Crippen LogP contribution < -0.4 is 11.1 Å². The predicted octanol–water partition coefficient (Wildman–Crippen LogP) is 2.58. The van der Waals surface area contributed by atoms with E-state index in [1.54, 1.807) is 17.2 Å². The lowest BCUT2D eigenvalue weighted by atomic mass is 10.0. The Bertz CT molecular complexity index is 727. The lowest BCUT2D eigenvalue weighted by Crippen LogP contribution is -2.40. The molecule has 1 aromatic heterocycles. The molecule has 0 radical (unpaired) electrons. The Kier molecular flexibility index (Phi) is 6.01. The van der Waals surface area contributed by atoms with Gasteiger partial charge in [-0.25, -0.2) is 9.18 Å². The monoisotopic (exact) mass is 374 g/mol. The minimum atomic E-state index is -0.317. The van der Waals surface area contributed by atoms with E-state index in [1.165, 1.54) is 0 Å². The van der Waals surface area contributed by atoms with Gasteiger partial charge in [0, 0.05) is 32.7 Å². The van der Waals surface area contributed by atoms with Gasteiger partial charge < -0.3 is 25.3 Å². The lowest BCUT2D eigenvalue weighted by molar-refractivity contribution is 0.201. The molecule has 0 spiro atoms. The van der Waals surface area contributed by atoms with Gasteiger partial charge in [0.05, 0.1) is 17.7 Å². The van der Waals surface area contributed by atoms with Crippen LogP contribution in [0.1, 0.15) is 12.7 Å². The SMILES string of the molecule is C=C(NC(=O)N1CC2CN(CCF)CC2C1)/C(N)=C\C=C(/C)c1ccco1. The van der Waals surface area contributed by atoms with Gasteiger partial charge >= 0.3 is 6.03 Å². The van der Waals surface area contributed by atoms with E-state index in [0.29, 0.717) is 42.9 Å². The smallest absolute Gasteiger partial charge is 0.321 e. The van der Waals surface area contributed by atoms with E-state index >= 15 is 0 Å². The second kappa shape index (κ2) is 8.43. The molecule has 3 rings (SSSR count). The molecule has 3 N–H and O–H groups in total. The van der Waals surface area contributed by atoms with Crippen LogP contribution in [0.3, 0.4) is 0 Å². The fourth-order valence-electron chi connectivity index (χ4n) is 3.74. The maximum atomic E-state index is 12.5. The molecule has 0 saturated carbocycles. The highest BCUT2D eigenvalue weighted by molar-refractivity contribution is 5.77. The quantitative estimate of drug-likeness (QED) is 0.751. The normalized spacial score (nSPS) is 23.6. The standard InChI is InChI=1S/C20H27FN4O2/c1-14(19-4-3-9-27-19)5-6-18(22)15(2)23-20(26)25-12-16-10-24(8-7-21)11-17(16)13-25/h3-6,9,16-17H,2,7-8,10-13,22H2,1H3,(H,23,26)/b14-5+,18-6+. The number of nitrogens with two attached hydrogens (primary N) is 1. The zero-order valence-electron chi connectivity index (χ0n) is 15.7. The van der Waals surface area contributed by atoms with Gasteiger partial charge in [-0.1, -0.05) is 12.7 Å². The highest BCUT2D eigenvalue weighted by Gasteiger charge is 2.41. The van der Waals surface area contributed by atoms with E-state index in [9.17, 15) is 9.18 Å². The van der Waals surface area contributed by atoms with Gasteiger partial charge in [-0.3, -0.25) is 0 Å². The third-order valence-electron chi connectivity index (χ3n) is 5.28. The van der Waals surface area contributed by atoms with Crippen molar-refractivity contribution in [1.29, 1.82) is 0 Å². The average Bonchev–Trinajstić information content (AvgIpc) is 3.35. The second-order valence-corrected chi connectivity index (χ2v) is 7.23. The highest BCUT2D eigenvalue weighted by Crippen LogP contribution is 2.30. The number of alkyl halides is 1. The minimum Gasteiger partial charge on any atom is -0.465 e. The van der Waals surface area contributed by atoms with Crippen molar-refractivity contribution in [2.75, 3.05) is 39.4 Å². The number of halogens is 1. The number of hydrogen-bond acceptors (Lipinski definition) is 4. The van der Waals surface area contributed by atoms with Crippen LogP contribution in [0, 0.1) is 11.8 Å². The van der Waals surface area contributed by atoms with Crippen molar-refractivity contribution in [3.8, 4) is 0 Å². The zero-order chi connectivity index (χ0) is 19.4. The fraction of sp³-hybridized carbons (Fsp3) is 0.450. The summed E-state index contributed by atoms with van der Waals surface area (Å²) < 4.78 is 17.8. The number of furan rings is 1. The van der Waals surface area contributed by atoms with E-state index < -0.39 is 0 Å². The first-order valence-corrected chi connectivity index (χ1v) is 9.19. The minimum absolute atomic E-state index is 0.186. The van der Waals surface area contributed by atoms with Crippen molar-refractivity contribution in [2.45, 2.75) is 6.92 Å². The maximum Gasteiger partial charge on any atom is 0.321 e. The topological polar surface area (TPSA) is 74.7 Å². The fourth-order valence-corrected chi connectivity index (χ4v) is 3.74. The summed E-state index contributed by atoms with van der Waals surface area (Å²) in [4.78, 5) is 16.4. The molecular weight excluding hydrogens is 347 g/mol. The van der Waals surface area contributed by atoms with E-state index in [-0.39, 0.29) is 12.7 Å². The van der Waals surface area contributed by atoms with E-state index in [1.807, 2.05) is 25.1 Å². The number of likely N-dealkylation sites (tertiary alicyclic amines) is 2. The third-order valence-corrected chi connectivity index (χ3v) is 5.28. The Labute approximate surface area is 159 Å². The average molecular weight is 374 g/mol. The van der Waals surface area contributed by atoms with Crippen LogP contribution in [-0.2, 0) is 0 Å². The van der Waals surface area contributed by atoms with Gasteiger partial charge in [-0.15, -0.1) is 0 Å². The zero-order valence-corrected chi connectivity index (χ0v) is 15.7. The molecule has 0 bridgehead atoms. The van der Waals surface area contributed by atoms with Crippen molar-refractivity contribution >= 4 is 11.6 Å². The number of hydrogen-bond donors (Lipinski definition) is 2. The Morgan fingerprint density at radius 3 is 2.67 bits per heavy atom. The molecule has 0 aromatic carbocycles. The summed E-state index contributed by atoms with van der Waals surface area (Å²) in [5, 5.41) is 2.78. The molecule has 2 saturated heterocycles. The molecule has 2 amide bonds. The molecule has 6 nitrogen and oxygen atoms in total. The number of nitrogens with one attached hydrogen (secondary N) is 1. The summed E-state index contributed by atoms with van der Waals surface area (Å²) in [5.74, 6) is 1.60. The molecule has 2 atom stereocenters. The Morgan fingerprint density at radius 1 is 1.37 bits per heavy atom. The molecule has 2 unspecified atom stereocenters. The lowest BCUT2D eigenvalue weighted by Gasteiger charge is -2.21. The first-order chi connectivity index (χ1) is 13.0. The first kappa shape index (κ1) is 19.2. The number of amides is 2. The Hall–Kier alpha value is -2.54. The number of rotatable bonds is 6. The van der Waals surface area contributed by atoms with Gasteiger partial charge in [0.15, 0.2) is 0 Å². The van der Waals surface area contributed by atoms with E-state index in [4.69, 9.17) is 10.2 Å². The number of carbonyl (C=O) groups is 1. The number of nitrogens with zero attached hydrogens (tertiary/aromatic N) is 2. The van der Waals surface area contributed by atoms with Gasteiger partial charge in [-0.2, -0.15) is 0 Å². The Morgan fingerprint density at radius 2 is 2.07 bits per heavy atom. The van der Waals surface area contributed by atoms with Crippen LogP contribution in [0.25, 0.3) is 5.57 Å². The Balaban J connectivity index is 1.50. The van der Waals surface area contributed by atoms with Gasteiger partial charge in [0.25, 0.3) is 0 Å². The number of carbonyl (C=O) groups excluding carboxylic acids is 1. The molecule has 2 aliphatic rings. The third kappa shape index (κ3) is 4.60. The molecule has 146 valence electrons. The highest BCUT2D eigenvalue weighted by atomic mass is 19.1. The number of urea groups is 1. The number of allylic oxidation sites excluding steroid dienone is 3. The largest absolute Gasteiger partial charge is 0.465 e. The van der Waals surface area contributed by atoms with Gasteiger partial charge in [-0.05, 0) is 42.5 Å². The molecule has 7 heteroatoms. The summed E-state index contributed by atoms with van der Waals surface area (Å²) in [6.45, 7) is 9.04.